The molecule has 1 unspecified atom stereocenters. The Morgan fingerprint density at radius 1 is 1.41 bits per heavy atom. The number of benzene rings is 1. The molecule has 7 heteroatoms. The van der Waals surface area contributed by atoms with E-state index in [1.165, 1.54) is 0 Å². The van der Waals surface area contributed by atoms with E-state index >= 15 is 0 Å². The quantitative estimate of drug-likeness (QED) is 0.784. The molecule has 88 valence electrons. The Kier molecular flexibility index (Phi) is 2.58. The lowest BCUT2D eigenvalue weighted by molar-refractivity contribution is -0.142. The fourth-order valence-corrected chi connectivity index (χ4v) is 1.39. The second-order valence-corrected chi connectivity index (χ2v) is 3.33. The molecule has 2 rings (SSSR count). The molecule has 17 heavy (non-hydrogen) atoms. The maximum atomic E-state index is 13.3. The maximum Gasteiger partial charge on any atom is 0.321 e. The summed E-state index contributed by atoms with van der Waals surface area (Å²) >= 11 is 0. The molecule has 1 aliphatic heterocycles. The first-order valence-corrected chi connectivity index (χ1v) is 4.56. The fraction of sp³-hybridized carbons (Fsp3) is 0.100. The summed E-state index contributed by atoms with van der Waals surface area (Å²) in [5.41, 5.74) is -0.281. The molecule has 0 fully saturated rings. The van der Waals surface area contributed by atoms with Crippen LogP contribution < -0.4 is 5.01 Å². The van der Waals surface area contributed by atoms with Gasteiger partial charge in [-0.25, -0.2) is 8.78 Å². The minimum atomic E-state index is -1.43. The molecule has 0 radical (unpaired) electrons. The molecule has 1 atom stereocenters. The van der Waals surface area contributed by atoms with E-state index in [9.17, 15) is 18.4 Å². The Morgan fingerprint density at radius 3 is 2.65 bits per heavy atom. The number of rotatable bonds is 2. The Morgan fingerprint density at radius 2 is 2.12 bits per heavy atom. The lowest BCUT2D eigenvalue weighted by Gasteiger charge is -2.13. The molecule has 0 aliphatic carbocycles. The second-order valence-electron chi connectivity index (χ2n) is 3.33. The highest BCUT2D eigenvalue weighted by Crippen LogP contribution is 2.24. The normalized spacial score (nSPS) is 18.8. The Labute approximate surface area is 94.0 Å². The Hall–Kier alpha value is -2.31. The zero-order valence-electron chi connectivity index (χ0n) is 8.30. The minimum Gasteiger partial charge on any atom is -0.480 e. The topological polar surface area (TPSA) is 70.0 Å². The number of aliphatic carboxylic acids is 1. The van der Waals surface area contributed by atoms with Gasteiger partial charge in [0.05, 0.1) is 0 Å². The largest absolute Gasteiger partial charge is 0.480 e. The lowest BCUT2D eigenvalue weighted by atomic mass is 10.1. The third kappa shape index (κ3) is 1.86. The number of hydrogen-bond acceptors (Lipinski definition) is 3. The average Bonchev–Trinajstić information content (AvgIpc) is 2.60. The van der Waals surface area contributed by atoms with Crippen LogP contribution in [0.5, 0.6) is 0 Å². The first-order valence-electron chi connectivity index (χ1n) is 4.56. The van der Waals surface area contributed by atoms with Gasteiger partial charge in [0.25, 0.3) is 5.91 Å². The van der Waals surface area contributed by atoms with Crippen LogP contribution in [-0.2, 0) is 9.59 Å². The van der Waals surface area contributed by atoms with Crippen molar-refractivity contribution in [2.24, 2.45) is 11.0 Å². The van der Waals surface area contributed by atoms with Gasteiger partial charge in [-0.05, 0) is 12.1 Å². The number of carbonyl (C=O) groups excluding carboxylic acids is 1. The maximum absolute atomic E-state index is 13.3. The van der Waals surface area contributed by atoms with E-state index in [-0.39, 0.29) is 5.69 Å². The Bertz CT molecular complexity index is 530. The van der Waals surface area contributed by atoms with Gasteiger partial charge in [-0.3, -0.25) is 9.59 Å². The number of halogens is 2. The summed E-state index contributed by atoms with van der Waals surface area (Å²) in [5.74, 6) is -5.47. The van der Waals surface area contributed by atoms with Gasteiger partial charge in [-0.2, -0.15) is 10.1 Å². The highest BCUT2D eigenvalue weighted by molar-refractivity contribution is 6.19. The van der Waals surface area contributed by atoms with E-state index in [2.05, 4.69) is 5.10 Å². The van der Waals surface area contributed by atoms with Crippen molar-refractivity contribution in [1.82, 2.24) is 0 Å². The molecule has 1 heterocycles. The van der Waals surface area contributed by atoms with Crippen LogP contribution in [0.3, 0.4) is 0 Å². The number of hydrogen-bond donors (Lipinski definition) is 1. The predicted molar refractivity (Wildman–Crippen MR) is 53.5 cm³/mol. The Balaban J connectivity index is 2.34. The molecule has 1 aliphatic rings. The molecular weight excluding hydrogens is 234 g/mol. The number of anilines is 1. The highest BCUT2D eigenvalue weighted by Gasteiger charge is 2.36. The van der Waals surface area contributed by atoms with E-state index in [4.69, 9.17) is 5.11 Å². The fourth-order valence-electron chi connectivity index (χ4n) is 1.39. The van der Waals surface area contributed by atoms with Crippen LogP contribution in [0.25, 0.3) is 0 Å². The molecule has 0 spiro atoms. The standard InChI is InChI=1S/C10H6F2N2O3/c11-5-1-2-8(7(12)3-5)14-9(15)6(4-13-14)10(16)17/h1-4,6H,(H,16,17). The van der Waals surface area contributed by atoms with Crippen LogP contribution in [0.4, 0.5) is 14.5 Å². The minimum absolute atomic E-state index is 0.281. The van der Waals surface area contributed by atoms with Crippen molar-refractivity contribution in [2.45, 2.75) is 0 Å². The van der Waals surface area contributed by atoms with Gasteiger partial charge >= 0.3 is 5.97 Å². The van der Waals surface area contributed by atoms with Crippen molar-refractivity contribution in [1.29, 1.82) is 0 Å². The summed E-state index contributed by atoms with van der Waals surface area (Å²) in [4.78, 5) is 22.2. The van der Waals surface area contributed by atoms with E-state index in [0.717, 1.165) is 18.3 Å². The zero-order chi connectivity index (χ0) is 12.6. The number of carboxylic acid groups (broad SMARTS) is 1. The van der Waals surface area contributed by atoms with Crippen LogP contribution in [0.2, 0.25) is 0 Å². The van der Waals surface area contributed by atoms with Crippen LogP contribution in [0.15, 0.2) is 23.3 Å². The van der Waals surface area contributed by atoms with E-state index in [1.54, 1.807) is 0 Å². The molecule has 1 aromatic rings. The summed E-state index contributed by atoms with van der Waals surface area (Å²) in [6, 6.07) is 2.56. The molecule has 0 aromatic heterocycles. The van der Waals surface area contributed by atoms with Gasteiger partial charge in [-0.1, -0.05) is 0 Å². The highest BCUT2D eigenvalue weighted by atomic mass is 19.1. The van der Waals surface area contributed by atoms with Crippen LogP contribution in [-0.4, -0.2) is 23.2 Å². The smallest absolute Gasteiger partial charge is 0.321 e. The zero-order valence-corrected chi connectivity index (χ0v) is 8.30. The summed E-state index contributed by atoms with van der Waals surface area (Å²) in [5, 5.41) is 12.8. The summed E-state index contributed by atoms with van der Waals surface area (Å²) < 4.78 is 26.0. The number of hydrazone groups is 1. The van der Waals surface area contributed by atoms with E-state index in [0.29, 0.717) is 11.1 Å². The summed E-state index contributed by atoms with van der Waals surface area (Å²) in [6.07, 6.45) is 0.896. The molecule has 0 bridgehead atoms. The van der Waals surface area contributed by atoms with Gasteiger partial charge in [-0.15, -0.1) is 0 Å². The third-order valence-electron chi connectivity index (χ3n) is 2.21. The van der Waals surface area contributed by atoms with Gasteiger partial charge < -0.3 is 5.11 Å². The monoisotopic (exact) mass is 240 g/mol. The van der Waals surface area contributed by atoms with Crippen molar-refractivity contribution in [2.75, 3.05) is 5.01 Å². The summed E-state index contributed by atoms with van der Waals surface area (Å²) in [6.45, 7) is 0. The molecular formula is C10H6F2N2O3. The summed E-state index contributed by atoms with van der Waals surface area (Å²) in [7, 11) is 0. The van der Waals surface area contributed by atoms with Crippen LogP contribution >= 0.6 is 0 Å². The average molecular weight is 240 g/mol. The molecule has 0 saturated carbocycles. The number of carboxylic acids is 1. The molecule has 1 aromatic carbocycles. The lowest BCUT2D eigenvalue weighted by Crippen LogP contribution is -2.31. The third-order valence-corrected chi connectivity index (χ3v) is 2.21. The van der Waals surface area contributed by atoms with Crippen molar-refractivity contribution in [3.63, 3.8) is 0 Å². The number of amides is 1. The molecule has 5 nitrogen and oxygen atoms in total. The molecule has 0 saturated heterocycles. The van der Waals surface area contributed by atoms with Crippen molar-refractivity contribution in [3.8, 4) is 0 Å². The van der Waals surface area contributed by atoms with Gasteiger partial charge in [0.2, 0.25) is 0 Å². The van der Waals surface area contributed by atoms with Crippen molar-refractivity contribution >= 4 is 23.8 Å². The predicted octanol–water partition coefficient (Wildman–Crippen LogP) is 0.998. The van der Waals surface area contributed by atoms with Crippen molar-refractivity contribution in [3.05, 3.63) is 29.8 Å². The van der Waals surface area contributed by atoms with E-state index < -0.39 is 29.4 Å². The first-order chi connectivity index (χ1) is 8.00. The number of carbonyl (C=O) groups is 2. The van der Waals surface area contributed by atoms with Gasteiger partial charge in [0.15, 0.2) is 11.7 Å². The second kappa shape index (κ2) is 3.93. The van der Waals surface area contributed by atoms with Crippen LogP contribution in [0.1, 0.15) is 0 Å². The first kappa shape index (κ1) is 11.2. The SMILES string of the molecule is O=C(O)C1C=NN(c2ccc(F)cc2F)C1=O. The number of nitrogens with zero attached hydrogens (tertiary/aromatic N) is 2. The van der Waals surface area contributed by atoms with E-state index in [1.807, 2.05) is 0 Å². The van der Waals surface area contributed by atoms with Crippen LogP contribution in [0, 0.1) is 17.6 Å². The molecule has 1 amide bonds. The van der Waals surface area contributed by atoms with Gasteiger partial charge in [0, 0.05) is 12.3 Å². The van der Waals surface area contributed by atoms with Gasteiger partial charge in [0.1, 0.15) is 11.5 Å². The molecule has 1 N–H and O–H groups in total. The van der Waals surface area contributed by atoms with Crippen molar-refractivity contribution < 1.29 is 23.5 Å².